The third-order valence-corrected chi connectivity index (χ3v) is 3.13. The average Bonchev–Trinajstić information content (AvgIpc) is 2.79. The molecular formula is C15H16N4. The van der Waals surface area contributed by atoms with Crippen molar-refractivity contribution in [3.05, 3.63) is 54.4 Å². The van der Waals surface area contributed by atoms with E-state index in [2.05, 4.69) is 33.6 Å². The van der Waals surface area contributed by atoms with E-state index in [9.17, 15) is 0 Å². The van der Waals surface area contributed by atoms with E-state index < -0.39 is 0 Å². The molecule has 0 bridgehead atoms. The van der Waals surface area contributed by atoms with Gasteiger partial charge in [0, 0.05) is 18.8 Å². The molecule has 0 amide bonds. The minimum atomic E-state index is 0.677. The van der Waals surface area contributed by atoms with Gasteiger partial charge in [-0.1, -0.05) is 19.1 Å². The van der Waals surface area contributed by atoms with Gasteiger partial charge < -0.3 is 4.57 Å². The van der Waals surface area contributed by atoms with Crippen molar-refractivity contribution in [1.82, 2.24) is 19.5 Å². The van der Waals surface area contributed by atoms with Crippen molar-refractivity contribution in [3.8, 4) is 0 Å². The first-order valence-electron chi connectivity index (χ1n) is 6.58. The third-order valence-electron chi connectivity index (χ3n) is 3.13. The highest BCUT2D eigenvalue weighted by Crippen LogP contribution is 2.17. The lowest BCUT2D eigenvalue weighted by Gasteiger charge is -2.07. The molecule has 1 aromatic carbocycles. The van der Waals surface area contributed by atoms with Crippen LogP contribution < -0.4 is 0 Å². The molecule has 0 fully saturated rings. The van der Waals surface area contributed by atoms with Crippen LogP contribution in [0.25, 0.3) is 11.0 Å². The van der Waals surface area contributed by atoms with Gasteiger partial charge in [-0.2, -0.15) is 0 Å². The monoisotopic (exact) mass is 252 g/mol. The average molecular weight is 252 g/mol. The summed E-state index contributed by atoms with van der Waals surface area (Å²) in [5.74, 6) is 1.93. The fourth-order valence-electron chi connectivity index (χ4n) is 2.27. The molecule has 0 N–H and O–H groups in total. The van der Waals surface area contributed by atoms with E-state index >= 15 is 0 Å². The van der Waals surface area contributed by atoms with Gasteiger partial charge >= 0.3 is 0 Å². The van der Waals surface area contributed by atoms with E-state index in [0.29, 0.717) is 6.54 Å². The summed E-state index contributed by atoms with van der Waals surface area (Å²) in [7, 11) is 0. The maximum atomic E-state index is 4.71. The molecule has 2 aromatic heterocycles. The predicted molar refractivity (Wildman–Crippen MR) is 74.9 cm³/mol. The first-order chi connectivity index (χ1) is 9.38. The fourth-order valence-corrected chi connectivity index (χ4v) is 2.27. The van der Waals surface area contributed by atoms with Gasteiger partial charge in [-0.05, 0) is 24.6 Å². The van der Waals surface area contributed by atoms with Gasteiger partial charge in [0.2, 0.25) is 0 Å². The molecule has 0 atom stereocenters. The molecule has 4 heteroatoms. The number of aromatic nitrogens is 4. The first kappa shape index (κ1) is 11.8. The van der Waals surface area contributed by atoms with Crippen LogP contribution in [0.5, 0.6) is 0 Å². The SMILES string of the molecule is CCCc1nc2ccccc2n1Cc1ncccn1. The highest BCUT2D eigenvalue weighted by molar-refractivity contribution is 5.76. The summed E-state index contributed by atoms with van der Waals surface area (Å²) in [6, 6.07) is 10.1. The topological polar surface area (TPSA) is 43.6 Å². The van der Waals surface area contributed by atoms with Crippen molar-refractivity contribution in [3.63, 3.8) is 0 Å². The Morgan fingerprint density at radius 1 is 1.05 bits per heavy atom. The summed E-state index contributed by atoms with van der Waals surface area (Å²) in [4.78, 5) is 13.3. The van der Waals surface area contributed by atoms with Crippen LogP contribution in [0.3, 0.4) is 0 Å². The Morgan fingerprint density at radius 3 is 2.63 bits per heavy atom. The maximum Gasteiger partial charge on any atom is 0.147 e. The Labute approximate surface area is 112 Å². The normalized spacial score (nSPS) is 11.0. The molecule has 2 heterocycles. The van der Waals surface area contributed by atoms with Gasteiger partial charge in [-0.3, -0.25) is 0 Å². The van der Waals surface area contributed by atoms with E-state index in [1.54, 1.807) is 12.4 Å². The fraction of sp³-hybridized carbons (Fsp3) is 0.267. The van der Waals surface area contributed by atoms with Gasteiger partial charge in [0.05, 0.1) is 17.6 Å². The summed E-state index contributed by atoms with van der Waals surface area (Å²) in [6.07, 6.45) is 5.61. The number of aryl methyl sites for hydroxylation is 1. The molecule has 96 valence electrons. The lowest BCUT2D eigenvalue weighted by molar-refractivity contribution is 0.693. The van der Waals surface area contributed by atoms with E-state index in [1.165, 1.54) is 0 Å². The molecule has 0 saturated carbocycles. The zero-order valence-electron chi connectivity index (χ0n) is 11.0. The van der Waals surface area contributed by atoms with Crippen molar-refractivity contribution in [1.29, 1.82) is 0 Å². The number of hydrogen-bond acceptors (Lipinski definition) is 3. The molecule has 0 saturated heterocycles. The second-order valence-corrected chi connectivity index (χ2v) is 4.52. The van der Waals surface area contributed by atoms with Crippen molar-refractivity contribution < 1.29 is 0 Å². The highest BCUT2D eigenvalue weighted by Gasteiger charge is 2.10. The van der Waals surface area contributed by atoms with Crippen molar-refractivity contribution >= 4 is 11.0 Å². The number of fused-ring (bicyclic) bond motifs is 1. The van der Waals surface area contributed by atoms with Crippen molar-refractivity contribution in [2.45, 2.75) is 26.3 Å². The summed E-state index contributed by atoms with van der Waals surface area (Å²) in [6.45, 7) is 2.85. The van der Waals surface area contributed by atoms with Gasteiger partial charge in [-0.15, -0.1) is 0 Å². The van der Waals surface area contributed by atoms with E-state index in [0.717, 1.165) is 35.5 Å². The standard InChI is InChI=1S/C15H16N4/c1-2-6-15-18-12-7-3-4-8-13(12)19(15)11-14-16-9-5-10-17-14/h3-5,7-10H,2,6,11H2,1H3. The first-order valence-corrected chi connectivity index (χ1v) is 6.58. The van der Waals surface area contributed by atoms with Crippen molar-refractivity contribution in [2.24, 2.45) is 0 Å². The predicted octanol–water partition coefficient (Wildman–Crippen LogP) is 2.83. The second kappa shape index (κ2) is 5.18. The molecular weight excluding hydrogens is 236 g/mol. The molecule has 0 aliphatic rings. The van der Waals surface area contributed by atoms with Crippen LogP contribution in [0.15, 0.2) is 42.7 Å². The molecule has 3 rings (SSSR count). The molecule has 0 radical (unpaired) electrons. The maximum absolute atomic E-state index is 4.71. The lowest BCUT2D eigenvalue weighted by Crippen LogP contribution is -2.07. The number of benzene rings is 1. The van der Waals surface area contributed by atoms with E-state index in [4.69, 9.17) is 4.98 Å². The summed E-state index contributed by atoms with van der Waals surface area (Å²) in [5, 5.41) is 0. The van der Waals surface area contributed by atoms with Crippen LogP contribution in [-0.2, 0) is 13.0 Å². The largest absolute Gasteiger partial charge is 0.320 e. The number of nitrogens with zero attached hydrogens (tertiary/aromatic N) is 4. The van der Waals surface area contributed by atoms with Crippen LogP contribution in [0.2, 0.25) is 0 Å². The van der Waals surface area contributed by atoms with Gasteiger partial charge in [-0.25, -0.2) is 15.0 Å². The molecule has 0 aliphatic heterocycles. The Bertz CT molecular complexity index is 673. The Kier molecular flexibility index (Phi) is 3.23. The number of imidazole rings is 1. The Morgan fingerprint density at radius 2 is 1.84 bits per heavy atom. The molecule has 0 aliphatic carbocycles. The smallest absolute Gasteiger partial charge is 0.147 e. The van der Waals surface area contributed by atoms with Crippen molar-refractivity contribution in [2.75, 3.05) is 0 Å². The van der Waals surface area contributed by atoms with E-state index in [1.807, 2.05) is 18.2 Å². The summed E-state index contributed by atoms with van der Waals surface area (Å²) in [5.41, 5.74) is 2.19. The molecule has 3 aromatic rings. The highest BCUT2D eigenvalue weighted by atomic mass is 15.1. The minimum Gasteiger partial charge on any atom is -0.320 e. The third kappa shape index (κ3) is 2.34. The number of hydrogen-bond donors (Lipinski definition) is 0. The lowest BCUT2D eigenvalue weighted by atomic mass is 10.3. The minimum absolute atomic E-state index is 0.677. The summed E-state index contributed by atoms with van der Waals surface area (Å²) >= 11 is 0. The summed E-state index contributed by atoms with van der Waals surface area (Å²) < 4.78 is 2.22. The van der Waals surface area contributed by atoms with E-state index in [-0.39, 0.29) is 0 Å². The van der Waals surface area contributed by atoms with Gasteiger partial charge in [0.25, 0.3) is 0 Å². The zero-order chi connectivity index (χ0) is 13.1. The van der Waals surface area contributed by atoms with Crippen LogP contribution in [-0.4, -0.2) is 19.5 Å². The molecule has 0 spiro atoms. The van der Waals surface area contributed by atoms with Gasteiger partial charge in [0.15, 0.2) is 0 Å². The zero-order valence-corrected chi connectivity index (χ0v) is 11.0. The quantitative estimate of drug-likeness (QED) is 0.717. The van der Waals surface area contributed by atoms with Gasteiger partial charge in [0.1, 0.15) is 11.6 Å². The second-order valence-electron chi connectivity index (χ2n) is 4.52. The Balaban J connectivity index is 2.07. The van der Waals surface area contributed by atoms with Crippen LogP contribution >= 0.6 is 0 Å². The molecule has 0 unspecified atom stereocenters. The number of rotatable bonds is 4. The number of para-hydroxylation sites is 2. The van der Waals surface area contributed by atoms with Crippen LogP contribution in [0.4, 0.5) is 0 Å². The van der Waals surface area contributed by atoms with Crippen LogP contribution in [0.1, 0.15) is 25.0 Å². The molecule has 4 nitrogen and oxygen atoms in total. The Hall–Kier alpha value is -2.23. The van der Waals surface area contributed by atoms with Crippen LogP contribution in [0, 0.1) is 0 Å². The molecule has 19 heavy (non-hydrogen) atoms.